The van der Waals surface area contributed by atoms with Gasteiger partial charge in [0.1, 0.15) is 33.4 Å². The van der Waals surface area contributed by atoms with Crippen molar-refractivity contribution in [2.75, 3.05) is 9.80 Å². The maximum absolute atomic E-state index is 6.89. The minimum absolute atomic E-state index is 0.535. The van der Waals surface area contributed by atoms with E-state index in [2.05, 4.69) is 368 Å². The van der Waals surface area contributed by atoms with Crippen LogP contribution in [0.15, 0.2) is 418 Å². The average molecular weight is 1460 g/mol. The first kappa shape index (κ1) is 65.7. The van der Waals surface area contributed by atoms with Crippen LogP contribution in [-0.2, 0) is 0 Å². The number of oxazole rings is 2. The maximum Gasteiger partial charge on any atom is 0.227 e. The highest BCUT2D eigenvalue weighted by Gasteiger charge is 2.23. The van der Waals surface area contributed by atoms with Gasteiger partial charge in [-0.05, 0) is 216 Å². The highest BCUT2D eigenvalue weighted by Crippen LogP contribution is 2.46. The van der Waals surface area contributed by atoms with Crippen molar-refractivity contribution in [2.45, 2.75) is 0 Å². The molecule has 4 heterocycles. The van der Waals surface area contributed by atoms with Crippen molar-refractivity contribution in [1.29, 1.82) is 0 Å². The highest BCUT2D eigenvalue weighted by molar-refractivity contribution is 6.14. The largest absolute Gasteiger partial charge is 0.455 e. The predicted molar refractivity (Wildman–Crippen MR) is 469 cm³/mol. The summed E-state index contributed by atoms with van der Waals surface area (Å²) in [6, 6.07) is 142. The molecular weight excluding hydrogens is 1390 g/mol. The molecule has 0 atom stereocenters. The molecule has 22 aromatic rings. The molecule has 114 heavy (non-hydrogen) atoms. The summed E-state index contributed by atoms with van der Waals surface area (Å²) >= 11 is 0. The molecule has 0 N–H and O–H groups in total. The van der Waals surface area contributed by atoms with E-state index in [1.807, 2.05) is 42.5 Å². The maximum atomic E-state index is 6.89. The first-order chi connectivity index (χ1) is 56.4. The molecule has 0 amide bonds. The van der Waals surface area contributed by atoms with E-state index >= 15 is 0 Å². The summed E-state index contributed by atoms with van der Waals surface area (Å²) in [6.07, 6.45) is 0. The van der Waals surface area contributed by atoms with Gasteiger partial charge in [-0.25, -0.2) is 9.97 Å². The van der Waals surface area contributed by atoms with Crippen LogP contribution < -0.4 is 9.80 Å². The minimum atomic E-state index is 0.535. The summed E-state index contributed by atoms with van der Waals surface area (Å²) < 4.78 is 26.7. The number of benzene rings is 18. The van der Waals surface area contributed by atoms with Crippen molar-refractivity contribution < 1.29 is 17.7 Å². The van der Waals surface area contributed by atoms with Crippen molar-refractivity contribution in [3.63, 3.8) is 0 Å². The van der Waals surface area contributed by atoms with Gasteiger partial charge in [0, 0.05) is 90.1 Å². The van der Waals surface area contributed by atoms with Gasteiger partial charge in [0.05, 0.1) is 0 Å². The Bertz CT molecular complexity index is 7430. The summed E-state index contributed by atoms with van der Waals surface area (Å²) in [5.41, 5.74) is 29.4. The van der Waals surface area contributed by atoms with Crippen LogP contribution in [0.5, 0.6) is 0 Å². The van der Waals surface area contributed by atoms with E-state index in [4.69, 9.17) is 27.6 Å². The van der Waals surface area contributed by atoms with E-state index in [0.717, 1.165) is 178 Å². The molecule has 4 aromatic heterocycles. The Kier molecular flexibility index (Phi) is 15.7. The van der Waals surface area contributed by atoms with Crippen molar-refractivity contribution >= 4 is 122 Å². The molecule has 18 aromatic carbocycles. The molecule has 0 bridgehead atoms. The first-order valence-electron chi connectivity index (χ1n) is 38.4. The lowest BCUT2D eigenvalue weighted by molar-refractivity contribution is 0.619. The van der Waals surface area contributed by atoms with Crippen LogP contribution in [0.3, 0.4) is 0 Å². The summed E-state index contributed by atoms with van der Waals surface area (Å²) in [5, 5.41) is 8.71. The third kappa shape index (κ3) is 11.8. The first-order valence-corrected chi connectivity index (χ1v) is 38.4. The average Bonchev–Trinajstić information content (AvgIpc) is 1.58. The molecule has 0 saturated heterocycles. The van der Waals surface area contributed by atoms with Crippen LogP contribution in [0.25, 0.3) is 188 Å². The van der Waals surface area contributed by atoms with Gasteiger partial charge in [-0.15, -0.1) is 0 Å². The van der Waals surface area contributed by atoms with E-state index in [1.54, 1.807) is 0 Å². The number of rotatable bonds is 15. The summed E-state index contributed by atoms with van der Waals surface area (Å²) in [7, 11) is 0. The zero-order valence-corrected chi connectivity index (χ0v) is 61.5. The van der Waals surface area contributed by atoms with Crippen molar-refractivity contribution in [1.82, 2.24) is 9.97 Å². The Morgan fingerprint density at radius 3 is 1.11 bits per heavy atom. The smallest absolute Gasteiger partial charge is 0.227 e. The Labute approximate surface area is 656 Å². The van der Waals surface area contributed by atoms with Crippen LogP contribution in [0.1, 0.15) is 0 Å². The van der Waals surface area contributed by atoms with Gasteiger partial charge in [0.15, 0.2) is 11.2 Å². The predicted octanol–water partition coefficient (Wildman–Crippen LogP) is 30.0. The summed E-state index contributed by atoms with van der Waals surface area (Å²) in [6.45, 7) is 0. The molecule has 0 saturated carbocycles. The van der Waals surface area contributed by atoms with Crippen molar-refractivity contribution in [3.05, 3.63) is 400 Å². The van der Waals surface area contributed by atoms with Crippen LogP contribution in [0, 0.1) is 0 Å². The second kappa shape index (κ2) is 27.3. The topological polar surface area (TPSA) is 84.8 Å². The molecule has 0 radical (unpaired) electrons. The quantitative estimate of drug-likeness (QED) is 0.100. The van der Waals surface area contributed by atoms with E-state index in [9.17, 15) is 0 Å². The van der Waals surface area contributed by atoms with Gasteiger partial charge in [0.2, 0.25) is 11.8 Å². The standard InChI is InChI=1S/C106H66N4O4/c1-4-18-67(19-5-1)70-38-48-83(49-39-70)109(84-50-40-71(41-51-84)78-37-36-69-22-10-11-25-76(69)58-78)85-54-44-73(45-55-85)90-32-16-35-93-96-64-102-98(66-100(96)112-103(90)93)108-106(114-102)81-29-14-28-80(59-81)94-62-82(60-79-26-12-13-31-89(79)94)72-42-52-86(53-43-72)110(88-30-15-27-77(61-88)68-20-6-2-7-21-68)87-56-46-74(47-57-87)91-33-17-34-92-95-63-101-97(65-99(95)111-104(91)92)107-105(113-101)75-23-8-3-9-24-75/h1-66H. The fraction of sp³-hybridized carbons (Fsp3) is 0. The molecule has 0 aliphatic carbocycles. The number of nitrogens with zero attached hydrogens (tertiary/aromatic N) is 4. The molecule has 22 rings (SSSR count). The number of furan rings is 2. The number of hydrogen-bond acceptors (Lipinski definition) is 8. The minimum Gasteiger partial charge on any atom is -0.455 e. The van der Waals surface area contributed by atoms with Gasteiger partial charge in [-0.3, -0.25) is 0 Å². The second-order valence-corrected chi connectivity index (χ2v) is 29.2. The molecule has 0 aliphatic rings. The Morgan fingerprint density at radius 1 is 0.175 bits per heavy atom. The highest BCUT2D eigenvalue weighted by atomic mass is 16.4. The molecule has 0 aliphatic heterocycles. The molecular formula is C106H66N4O4. The Hall–Kier alpha value is -15.4. The van der Waals surface area contributed by atoms with E-state index in [0.29, 0.717) is 17.4 Å². The number of para-hydroxylation sites is 2. The van der Waals surface area contributed by atoms with Crippen molar-refractivity contribution in [2.24, 2.45) is 0 Å². The van der Waals surface area contributed by atoms with E-state index in [1.165, 1.54) is 27.5 Å². The molecule has 534 valence electrons. The molecule has 0 fully saturated rings. The fourth-order valence-corrected chi connectivity index (χ4v) is 16.6. The number of fused-ring (bicyclic) bond motifs is 10. The lowest BCUT2D eigenvalue weighted by Crippen LogP contribution is -2.10. The third-order valence-electron chi connectivity index (χ3n) is 22.3. The molecule has 0 spiro atoms. The van der Waals surface area contributed by atoms with Gasteiger partial charge >= 0.3 is 0 Å². The zero-order valence-electron chi connectivity index (χ0n) is 61.5. The lowest BCUT2D eigenvalue weighted by Gasteiger charge is -2.26. The van der Waals surface area contributed by atoms with Gasteiger partial charge < -0.3 is 27.5 Å². The van der Waals surface area contributed by atoms with Gasteiger partial charge in [0.25, 0.3) is 0 Å². The summed E-state index contributed by atoms with van der Waals surface area (Å²) in [4.78, 5) is 14.7. The van der Waals surface area contributed by atoms with Gasteiger partial charge in [-0.2, -0.15) is 0 Å². The second-order valence-electron chi connectivity index (χ2n) is 29.2. The fourth-order valence-electron chi connectivity index (χ4n) is 16.6. The number of anilines is 6. The molecule has 8 nitrogen and oxygen atoms in total. The van der Waals surface area contributed by atoms with Crippen LogP contribution in [0.2, 0.25) is 0 Å². The number of aromatic nitrogens is 2. The van der Waals surface area contributed by atoms with Gasteiger partial charge in [-0.1, -0.05) is 261 Å². The number of hydrogen-bond donors (Lipinski definition) is 0. The zero-order chi connectivity index (χ0) is 75.2. The van der Waals surface area contributed by atoms with Crippen molar-refractivity contribution in [3.8, 4) is 101 Å². The normalized spacial score (nSPS) is 11.7. The third-order valence-corrected chi connectivity index (χ3v) is 22.3. The summed E-state index contributed by atoms with van der Waals surface area (Å²) in [5.74, 6) is 1.12. The SMILES string of the molecule is c1ccc(-c2ccc(N(c3ccc(-c4ccc5ccccc5c4)cc3)c3ccc(-c4cccc5c4oc4cc6nc(-c7cccc(-c8cc(-c9ccc(N(c%10ccc(-c%11cccc%12c%11oc%11cc%13nc(-c%14ccccc%14)oc%13cc%11%12)cc%10)c%10cccc(-c%11ccccc%11)c%10)cc9)cc9ccccc89)c7)oc6cc45)cc3)cc2)cc1. The molecule has 8 heteroatoms. The lowest BCUT2D eigenvalue weighted by atomic mass is 9.92. The van der Waals surface area contributed by atoms with Crippen LogP contribution >= 0.6 is 0 Å². The van der Waals surface area contributed by atoms with Crippen LogP contribution in [0.4, 0.5) is 34.1 Å². The Morgan fingerprint density at radius 2 is 0.553 bits per heavy atom. The van der Waals surface area contributed by atoms with E-state index in [-0.39, 0.29) is 0 Å². The van der Waals surface area contributed by atoms with E-state index < -0.39 is 0 Å². The molecule has 0 unspecified atom stereocenters. The monoisotopic (exact) mass is 1460 g/mol. The Balaban J connectivity index is 0.554. The van der Waals surface area contributed by atoms with Crippen LogP contribution in [-0.4, -0.2) is 9.97 Å².